The van der Waals surface area contributed by atoms with E-state index >= 15 is 0 Å². The second-order valence-corrected chi connectivity index (χ2v) is 4.42. The number of hydrogen-bond acceptors (Lipinski definition) is 4. The van der Waals surface area contributed by atoms with Crippen LogP contribution in [-0.4, -0.2) is 9.91 Å². The molecule has 0 radical (unpaired) electrons. The molecule has 2 rings (SSSR count). The maximum atomic E-state index is 10.9. The fourth-order valence-electron chi connectivity index (χ4n) is 1.72. The summed E-state index contributed by atoms with van der Waals surface area (Å²) in [5, 5.41) is 13.9. The molecule has 1 N–H and O–H groups in total. The normalized spacial score (nSPS) is 10.2. The smallest absolute Gasteiger partial charge is 0.311 e. The SMILES string of the molecule is Cc1ccc(CNc2nc(C)ccc2[N+](=O)[O-])cc1. The lowest BCUT2D eigenvalue weighted by atomic mass is 10.1. The molecule has 0 bridgehead atoms. The maximum Gasteiger partial charge on any atom is 0.311 e. The molecule has 5 nitrogen and oxygen atoms in total. The maximum absolute atomic E-state index is 10.9. The lowest BCUT2D eigenvalue weighted by Gasteiger charge is -2.07. The Morgan fingerprint density at radius 3 is 2.47 bits per heavy atom. The molecule has 0 atom stereocenters. The van der Waals surface area contributed by atoms with Crippen molar-refractivity contribution in [1.29, 1.82) is 0 Å². The Morgan fingerprint density at radius 1 is 1.16 bits per heavy atom. The zero-order valence-electron chi connectivity index (χ0n) is 10.9. The Balaban J connectivity index is 2.16. The van der Waals surface area contributed by atoms with Crippen LogP contribution in [-0.2, 0) is 6.54 Å². The van der Waals surface area contributed by atoms with Gasteiger partial charge in [0.05, 0.1) is 4.92 Å². The highest BCUT2D eigenvalue weighted by atomic mass is 16.6. The Labute approximate surface area is 111 Å². The van der Waals surface area contributed by atoms with Crippen LogP contribution in [0.15, 0.2) is 36.4 Å². The summed E-state index contributed by atoms with van der Waals surface area (Å²) in [4.78, 5) is 14.7. The van der Waals surface area contributed by atoms with Crippen LogP contribution >= 0.6 is 0 Å². The van der Waals surface area contributed by atoms with Crippen molar-refractivity contribution < 1.29 is 4.92 Å². The lowest BCUT2D eigenvalue weighted by Crippen LogP contribution is -2.05. The number of hydrogen-bond donors (Lipinski definition) is 1. The van der Waals surface area contributed by atoms with E-state index in [1.54, 1.807) is 13.0 Å². The van der Waals surface area contributed by atoms with Crippen LogP contribution in [0.25, 0.3) is 0 Å². The van der Waals surface area contributed by atoms with E-state index < -0.39 is 4.92 Å². The van der Waals surface area contributed by atoms with Crippen LogP contribution in [0, 0.1) is 24.0 Å². The van der Waals surface area contributed by atoms with Gasteiger partial charge in [-0.2, -0.15) is 0 Å². The van der Waals surface area contributed by atoms with E-state index in [1.165, 1.54) is 11.6 Å². The van der Waals surface area contributed by atoms with Crippen molar-refractivity contribution in [1.82, 2.24) is 4.98 Å². The van der Waals surface area contributed by atoms with Gasteiger partial charge in [-0.3, -0.25) is 10.1 Å². The molecule has 2 aromatic rings. The molecule has 98 valence electrons. The summed E-state index contributed by atoms with van der Waals surface area (Å²) >= 11 is 0. The van der Waals surface area contributed by atoms with Gasteiger partial charge < -0.3 is 5.32 Å². The molecule has 0 aliphatic rings. The van der Waals surface area contributed by atoms with Gasteiger partial charge in [-0.1, -0.05) is 29.8 Å². The average Bonchev–Trinajstić information content (AvgIpc) is 2.38. The second kappa shape index (κ2) is 5.48. The summed E-state index contributed by atoms with van der Waals surface area (Å²) in [6, 6.07) is 11.1. The summed E-state index contributed by atoms with van der Waals surface area (Å²) < 4.78 is 0. The van der Waals surface area contributed by atoms with Crippen LogP contribution in [0.5, 0.6) is 0 Å². The molecule has 0 spiro atoms. The monoisotopic (exact) mass is 257 g/mol. The first kappa shape index (κ1) is 13.0. The molecule has 0 unspecified atom stereocenters. The lowest BCUT2D eigenvalue weighted by molar-refractivity contribution is -0.384. The summed E-state index contributed by atoms with van der Waals surface area (Å²) in [5.74, 6) is 0.311. The highest BCUT2D eigenvalue weighted by Gasteiger charge is 2.14. The van der Waals surface area contributed by atoms with Crippen molar-refractivity contribution >= 4 is 11.5 Å². The molecule has 0 aliphatic heterocycles. The Morgan fingerprint density at radius 2 is 1.84 bits per heavy atom. The third-order valence-corrected chi connectivity index (χ3v) is 2.79. The predicted molar refractivity (Wildman–Crippen MR) is 74.1 cm³/mol. The number of nitrogens with zero attached hydrogens (tertiary/aromatic N) is 2. The molecule has 1 heterocycles. The van der Waals surface area contributed by atoms with Crippen molar-refractivity contribution in [3.05, 3.63) is 63.3 Å². The molecule has 0 saturated heterocycles. The van der Waals surface area contributed by atoms with Crippen molar-refractivity contribution in [2.24, 2.45) is 0 Å². The molecule has 1 aromatic heterocycles. The largest absolute Gasteiger partial charge is 0.360 e. The van der Waals surface area contributed by atoms with Crippen LogP contribution < -0.4 is 5.32 Å². The quantitative estimate of drug-likeness (QED) is 0.674. The summed E-state index contributed by atoms with van der Waals surface area (Å²) in [7, 11) is 0. The van der Waals surface area contributed by atoms with E-state index in [0.29, 0.717) is 12.4 Å². The van der Waals surface area contributed by atoms with E-state index in [0.717, 1.165) is 11.3 Å². The molecular weight excluding hydrogens is 242 g/mol. The molecule has 1 aromatic carbocycles. The molecule has 0 aliphatic carbocycles. The minimum absolute atomic E-state index is 0.00212. The van der Waals surface area contributed by atoms with Crippen molar-refractivity contribution in [3.8, 4) is 0 Å². The van der Waals surface area contributed by atoms with Crippen LogP contribution in [0.3, 0.4) is 0 Å². The van der Waals surface area contributed by atoms with Gasteiger partial charge in [0.15, 0.2) is 0 Å². The van der Waals surface area contributed by atoms with Gasteiger partial charge in [0.25, 0.3) is 0 Å². The van der Waals surface area contributed by atoms with Gasteiger partial charge in [-0.05, 0) is 25.5 Å². The number of aryl methyl sites for hydroxylation is 2. The molecule has 19 heavy (non-hydrogen) atoms. The van der Waals surface area contributed by atoms with E-state index in [1.807, 2.05) is 31.2 Å². The number of benzene rings is 1. The standard InChI is InChI=1S/C14H15N3O2/c1-10-3-6-12(7-4-10)9-15-14-13(17(18)19)8-5-11(2)16-14/h3-8H,9H2,1-2H3,(H,15,16). The molecule has 0 saturated carbocycles. The van der Waals surface area contributed by atoms with Crippen LogP contribution in [0.1, 0.15) is 16.8 Å². The zero-order valence-corrected chi connectivity index (χ0v) is 10.9. The summed E-state index contributed by atoms with van der Waals surface area (Å²) in [5.41, 5.74) is 2.99. The third kappa shape index (κ3) is 3.28. The highest BCUT2D eigenvalue weighted by Crippen LogP contribution is 2.22. The van der Waals surface area contributed by atoms with Gasteiger partial charge in [0, 0.05) is 18.3 Å². The Hall–Kier alpha value is -2.43. The van der Waals surface area contributed by atoms with Crippen LogP contribution in [0.4, 0.5) is 11.5 Å². The number of nitro groups is 1. The van der Waals surface area contributed by atoms with E-state index in [4.69, 9.17) is 0 Å². The number of anilines is 1. The summed E-state index contributed by atoms with van der Waals surface area (Å²) in [6.07, 6.45) is 0. The molecule has 5 heteroatoms. The fourth-order valence-corrected chi connectivity index (χ4v) is 1.72. The van der Waals surface area contributed by atoms with Gasteiger partial charge >= 0.3 is 5.69 Å². The number of aromatic nitrogens is 1. The topological polar surface area (TPSA) is 68.1 Å². The van der Waals surface area contributed by atoms with Crippen molar-refractivity contribution in [2.45, 2.75) is 20.4 Å². The fraction of sp³-hybridized carbons (Fsp3) is 0.214. The molecule has 0 amide bonds. The van der Waals surface area contributed by atoms with E-state index in [-0.39, 0.29) is 5.69 Å². The predicted octanol–water partition coefficient (Wildman–Crippen LogP) is 3.22. The van der Waals surface area contributed by atoms with Crippen molar-refractivity contribution in [3.63, 3.8) is 0 Å². The first-order chi connectivity index (χ1) is 9.06. The highest BCUT2D eigenvalue weighted by molar-refractivity contribution is 5.56. The Kier molecular flexibility index (Phi) is 3.75. The van der Waals surface area contributed by atoms with Crippen molar-refractivity contribution in [2.75, 3.05) is 5.32 Å². The molecular formula is C14H15N3O2. The first-order valence-corrected chi connectivity index (χ1v) is 5.98. The van der Waals surface area contributed by atoms with Gasteiger partial charge in [0.2, 0.25) is 5.82 Å². The zero-order chi connectivity index (χ0) is 13.8. The molecule has 0 fully saturated rings. The minimum atomic E-state index is -0.427. The number of rotatable bonds is 4. The van der Waals surface area contributed by atoms with Gasteiger partial charge in [0.1, 0.15) is 0 Å². The average molecular weight is 257 g/mol. The second-order valence-electron chi connectivity index (χ2n) is 4.42. The van der Waals surface area contributed by atoms with E-state index in [9.17, 15) is 10.1 Å². The first-order valence-electron chi connectivity index (χ1n) is 5.98. The number of pyridine rings is 1. The van der Waals surface area contributed by atoms with Crippen LogP contribution in [0.2, 0.25) is 0 Å². The number of nitrogens with one attached hydrogen (secondary N) is 1. The third-order valence-electron chi connectivity index (χ3n) is 2.79. The minimum Gasteiger partial charge on any atom is -0.360 e. The van der Waals surface area contributed by atoms with Gasteiger partial charge in [-0.25, -0.2) is 4.98 Å². The van der Waals surface area contributed by atoms with Gasteiger partial charge in [-0.15, -0.1) is 0 Å². The summed E-state index contributed by atoms with van der Waals surface area (Å²) in [6.45, 7) is 4.34. The Bertz CT molecular complexity index is 594. The van der Waals surface area contributed by atoms with E-state index in [2.05, 4.69) is 10.3 Å².